The number of nitrogens with zero attached hydrogens (tertiary/aromatic N) is 4. The predicted molar refractivity (Wildman–Crippen MR) is 191 cm³/mol. The number of amides is 1. The van der Waals surface area contributed by atoms with Gasteiger partial charge in [-0.05, 0) is 64.9 Å². The maximum Gasteiger partial charge on any atom is 0.269 e. The topological polar surface area (TPSA) is 99.0 Å². The molecule has 2 heterocycles. The first-order valence-corrected chi connectivity index (χ1v) is 17.1. The Labute approximate surface area is 295 Å². The van der Waals surface area contributed by atoms with Crippen LogP contribution < -0.4 is 10.2 Å². The summed E-state index contributed by atoms with van der Waals surface area (Å²) in [5, 5.41) is 15.4. The Morgan fingerprint density at radius 1 is 0.882 bits per heavy atom. The molecular weight excluding hydrogens is 652 g/mol. The second-order valence-corrected chi connectivity index (χ2v) is 14.3. The van der Waals surface area contributed by atoms with Crippen LogP contribution in [0, 0.1) is 27.2 Å². The molecule has 2 aliphatic heterocycles. The van der Waals surface area contributed by atoms with E-state index in [1.54, 1.807) is 41.3 Å². The number of para-hydroxylation sites is 2. The van der Waals surface area contributed by atoms with Gasteiger partial charge in [0.15, 0.2) is 5.78 Å². The number of piperazine rings is 1. The molecule has 0 radical (unpaired) electrons. The SMILES string of the molecule is CC1(C)CC(=O)C2=C(C1)Nc1ccccc1N(CC(=O)N1CCN(C(c3ccc(F)cc3)c3ccc(F)cc3)CC1)C2c1cccc([N+](=O)[O-])c1. The monoisotopic (exact) mass is 691 g/mol. The van der Waals surface area contributed by atoms with Crippen molar-refractivity contribution >= 4 is 28.8 Å². The van der Waals surface area contributed by atoms with Gasteiger partial charge in [-0.15, -0.1) is 0 Å². The van der Waals surface area contributed by atoms with Crippen LogP contribution in [-0.2, 0) is 9.59 Å². The second-order valence-electron chi connectivity index (χ2n) is 14.3. The van der Waals surface area contributed by atoms with Gasteiger partial charge in [0.1, 0.15) is 11.6 Å². The molecule has 9 nitrogen and oxygen atoms in total. The van der Waals surface area contributed by atoms with Gasteiger partial charge in [0.2, 0.25) is 5.91 Å². The Hall–Kier alpha value is -5.42. The highest BCUT2D eigenvalue weighted by Crippen LogP contribution is 2.48. The summed E-state index contributed by atoms with van der Waals surface area (Å²) < 4.78 is 27.7. The lowest BCUT2D eigenvalue weighted by atomic mass is 9.73. The number of nitro benzene ring substituents is 1. The summed E-state index contributed by atoms with van der Waals surface area (Å²) >= 11 is 0. The van der Waals surface area contributed by atoms with Crippen LogP contribution in [0.4, 0.5) is 25.8 Å². The van der Waals surface area contributed by atoms with Crippen molar-refractivity contribution in [1.82, 2.24) is 9.80 Å². The molecular formula is C40H39F2N5O4. The van der Waals surface area contributed by atoms with Gasteiger partial charge < -0.3 is 15.1 Å². The molecule has 1 atom stereocenters. The molecule has 1 amide bonds. The van der Waals surface area contributed by atoms with Crippen LogP contribution in [0.5, 0.6) is 0 Å². The zero-order chi connectivity index (χ0) is 35.9. The summed E-state index contributed by atoms with van der Waals surface area (Å²) in [5.74, 6) is -0.895. The number of fused-ring (bicyclic) bond motifs is 1. The lowest BCUT2D eigenvalue weighted by molar-refractivity contribution is -0.384. The molecule has 1 N–H and O–H groups in total. The van der Waals surface area contributed by atoms with Crippen molar-refractivity contribution in [3.05, 3.63) is 147 Å². The van der Waals surface area contributed by atoms with Crippen molar-refractivity contribution in [2.75, 3.05) is 42.9 Å². The number of anilines is 2. The molecule has 7 rings (SSSR count). The fourth-order valence-corrected chi connectivity index (χ4v) is 7.76. The van der Waals surface area contributed by atoms with Gasteiger partial charge in [0, 0.05) is 56.0 Å². The predicted octanol–water partition coefficient (Wildman–Crippen LogP) is 7.42. The Morgan fingerprint density at radius 3 is 2.14 bits per heavy atom. The average Bonchev–Trinajstić information content (AvgIpc) is 3.24. The first-order chi connectivity index (χ1) is 24.5. The van der Waals surface area contributed by atoms with E-state index in [0.29, 0.717) is 55.8 Å². The van der Waals surface area contributed by atoms with Crippen molar-refractivity contribution in [3.63, 3.8) is 0 Å². The summed E-state index contributed by atoms with van der Waals surface area (Å²) in [6, 6.07) is 25.5. The molecule has 0 bridgehead atoms. The lowest BCUT2D eigenvalue weighted by Crippen LogP contribution is -2.52. The summed E-state index contributed by atoms with van der Waals surface area (Å²) in [6.07, 6.45) is 0.906. The molecule has 11 heteroatoms. The van der Waals surface area contributed by atoms with E-state index in [1.807, 2.05) is 43.0 Å². The van der Waals surface area contributed by atoms with Crippen molar-refractivity contribution in [1.29, 1.82) is 0 Å². The van der Waals surface area contributed by atoms with Gasteiger partial charge in [0.25, 0.3) is 5.69 Å². The van der Waals surface area contributed by atoms with E-state index in [2.05, 4.69) is 10.2 Å². The number of hydrogen-bond acceptors (Lipinski definition) is 7. The van der Waals surface area contributed by atoms with E-state index < -0.39 is 11.0 Å². The smallest absolute Gasteiger partial charge is 0.269 e. The number of carbonyl (C=O) groups excluding carboxylic acids is 2. The number of Topliss-reactive ketones (excluding diaryl/α,β-unsaturated/α-hetero) is 1. The van der Waals surface area contributed by atoms with Crippen LogP contribution >= 0.6 is 0 Å². The third-order valence-corrected chi connectivity index (χ3v) is 10.1. The third kappa shape index (κ3) is 6.98. The minimum absolute atomic E-state index is 0.0586. The Kier molecular flexibility index (Phi) is 9.15. The standard InChI is InChI=1S/C40H39F2N5O4/c1-40(2)23-33-37(35(48)24-40)39(28-6-5-7-31(22-28)47(50)51)46(34-9-4-3-8-32(34)43-33)25-36(49)44-18-20-45(21-19-44)38(26-10-14-29(41)15-11-26)27-12-16-30(42)17-13-27/h3-17,22,38-39,43H,18-21,23-25H2,1-2H3. The van der Waals surface area contributed by atoms with Crippen LogP contribution in [0.15, 0.2) is 108 Å². The molecule has 262 valence electrons. The lowest BCUT2D eigenvalue weighted by Gasteiger charge is -2.41. The number of hydrogen-bond donors (Lipinski definition) is 1. The van der Waals surface area contributed by atoms with E-state index >= 15 is 0 Å². The molecule has 1 fully saturated rings. The van der Waals surface area contributed by atoms with Crippen LogP contribution in [0.2, 0.25) is 0 Å². The van der Waals surface area contributed by atoms with Crippen molar-refractivity contribution in [2.24, 2.45) is 5.41 Å². The largest absolute Gasteiger partial charge is 0.357 e. The van der Waals surface area contributed by atoms with Gasteiger partial charge >= 0.3 is 0 Å². The summed E-state index contributed by atoms with van der Waals surface area (Å²) in [7, 11) is 0. The fourth-order valence-electron chi connectivity index (χ4n) is 7.76. The van der Waals surface area contributed by atoms with Crippen LogP contribution in [-0.4, -0.2) is 59.1 Å². The zero-order valence-electron chi connectivity index (χ0n) is 28.5. The molecule has 3 aliphatic rings. The zero-order valence-corrected chi connectivity index (χ0v) is 28.5. The highest BCUT2D eigenvalue weighted by Gasteiger charge is 2.42. The number of rotatable bonds is 7. The summed E-state index contributed by atoms with van der Waals surface area (Å²) in [6.45, 7) is 5.88. The van der Waals surface area contributed by atoms with Gasteiger partial charge in [-0.25, -0.2) is 8.78 Å². The molecule has 0 spiro atoms. The van der Waals surface area contributed by atoms with Gasteiger partial charge in [-0.3, -0.25) is 24.6 Å². The quantitative estimate of drug-likeness (QED) is 0.159. The number of nitrogens with one attached hydrogen (secondary N) is 1. The second kappa shape index (κ2) is 13.7. The maximum absolute atomic E-state index is 14.3. The molecule has 51 heavy (non-hydrogen) atoms. The number of nitro groups is 1. The van der Waals surface area contributed by atoms with Crippen molar-refractivity contribution < 1.29 is 23.3 Å². The summed E-state index contributed by atoms with van der Waals surface area (Å²) in [4.78, 5) is 45.7. The molecule has 1 unspecified atom stereocenters. The molecule has 0 aromatic heterocycles. The highest BCUT2D eigenvalue weighted by atomic mass is 19.1. The van der Waals surface area contributed by atoms with E-state index in [1.165, 1.54) is 36.4 Å². The number of non-ortho nitro benzene ring substituents is 1. The van der Waals surface area contributed by atoms with Crippen LogP contribution in [0.3, 0.4) is 0 Å². The first kappa shape index (κ1) is 34.0. The first-order valence-electron chi connectivity index (χ1n) is 17.1. The maximum atomic E-state index is 14.3. The highest BCUT2D eigenvalue weighted by molar-refractivity contribution is 6.02. The van der Waals surface area contributed by atoms with Crippen LogP contribution in [0.25, 0.3) is 0 Å². The number of allylic oxidation sites excluding steroid dienone is 1. The van der Waals surface area contributed by atoms with E-state index in [-0.39, 0.29) is 47.0 Å². The molecule has 4 aromatic carbocycles. The molecule has 4 aromatic rings. The number of carbonyl (C=O) groups is 2. The van der Waals surface area contributed by atoms with E-state index in [9.17, 15) is 28.5 Å². The normalized spacial score (nSPS) is 18.9. The molecule has 1 saturated heterocycles. The summed E-state index contributed by atoms with van der Waals surface area (Å²) in [5.41, 5.74) is 4.64. The minimum Gasteiger partial charge on any atom is -0.357 e. The van der Waals surface area contributed by atoms with Crippen molar-refractivity contribution in [2.45, 2.75) is 38.8 Å². The van der Waals surface area contributed by atoms with Gasteiger partial charge in [-0.1, -0.05) is 62.4 Å². The van der Waals surface area contributed by atoms with Gasteiger partial charge in [0.05, 0.1) is 34.9 Å². The molecule has 0 saturated carbocycles. The Bertz CT molecular complexity index is 1960. The number of ketones is 1. The van der Waals surface area contributed by atoms with Gasteiger partial charge in [-0.2, -0.15) is 0 Å². The Balaban J connectivity index is 1.20. The number of halogens is 2. The Morgan fingerprint density at radius 2 is 1.51 bits per heavy atom. The number of benzene rings is 4. The van der Waals surface area contributed by atoms with Crippen molar-refractivity contribution in [3.8, 4) is 0 Å². The average molecular weight is 692 g/mol. The van der Waals surface area contributed by atoms with Crippen LogP contribution in [0.1, 0.15) is 55.5 Å². The fraction of sp³-hybridized carbons (Fsp3) is 0.300. The van der Waals surface area contributed by atoms with E-state index in [4.69, 9.17) is 0 Å². The third-order valence-electron chi connectivity index (χ3n) is 10.1. The molecule has 1 aliphatic carbocycles. The minimum atomic E-state index is -0.744. The van der Waals surface area contributed by atoms with E-state index in [0.717, 1.165) is 22.5 Å².